The van der Waals surface area contributed by atoms with Crippen LogP contribution in [-0.4, -0.2) is 37.1 Å². The van der Waals surface area contributed by atoms with Crippen molar-refractivity contribution in [1.82, 2.24) is 4.90 Å². The van der Waals surface area contributed by atoms with Crippen molar-refractivity contribution in [3.8, 4) is 0 Å². The lowest BCUT2D eigenvalue weighted by atomic mass is 10.1. The van der Waals surface area contributed by atoms with E-state index in [2.05, 4.69) is 18.7 Å². The second-order valence-corrected chi connectivity index (χ2v) is 5.09. The maximum Gasteiger partial charge on any atom is 0.320 e. The molecule has 0 aromatic heterocycles. The van der Waals surface area contributed by atoms with Gasteiger partial charge in [-0.15, -0.1) is 0 Å². The van der Waals surface area contributed by atoms with Crippen LogP contribution < -0.4 is 0 Å². The van der Waals surface area contributed by atoms with Crippen molar-refractivity contribution >= 4 is 5.97 Å². The van der Waals surface area contributed by atoms with Crippen molar-refractivity contribution in [3.05, 3.63) is 0 Å². The molecule has 1 rings (SSSR count). The fourth-order valence-electron chi connectivity index (χ4n) is 2.02. The van der Waals surface area contributed by atoms with Gasteiger partial charge in [-0.05, 0) is 44.7 Å². The van der Waals surface area contributed by atoms with Gasteiger partial charge in [0, 0.05) is 0 Å². The standard InChI is InChI=1S/C13H25NO2/c1-12(2)7-6-10-16-13(15)11-14-8-4-3-5-9-14/h12H,3-11H2,1-2H3. The number of hydrogen-bond acceptors (Lipinski definition) is 3. The molecular formula is C13H25NO2. The summed E-state index contributed by atoms with van der Waals surface area (Å²) in [6.45, 7) is 7.57. The van der Waals surface area contributed by atoms with E-state index in [0.717, 1.165) is 25.9 Å². The highest BCUT2D eigenvalue weighted by Crippen LogP contribution is 2.08. The van der Waals surface area contributed by atoms with Gasteiger partial charge in [0.1, 0.15) is 0 Å². The monoisotopic (exact) mass is 227 g/mol. The molecule has 16 heavy (non-hydrogen) atoms. The minimum atomic E-state index is -0.0503. The number of rotatable bonds is 6. The molecule has 3 heteroatoms. The molecule has 0 radical (unpaired) electrons. The van der Waals surface area contributed by atoms with E-state index in [1.54, 1.807) is 0 Å². The van der Waals surface area contributed by atoms with Gasteiger partial charge in [0.25, 0.3) is 0 Å². The van der Waals surface area contributed by atoms with Crippen molar-refractivity contribution in [2.24, 2.45) is 5.92 Å². The van der Waals surface area contributed by atoms with Crippen LogP contribution in [0.25, 0.3) is 0 Å². The van der Waals surface area contributed by atoms with E-state index in [1.807, 2.05) is 0 Å². The normalized spacial score (nSPS) is 17.7. The number of carbonyl (C=O) groups excluding carboxylic acids is 1. The molecule has 0 bridgehead atoms. The summed E-state index contributed by atoms with van der Waals surface area (Å²) in [6.07, 6.45) is 5.88. The Hall–Kier alpha value is -0.570. The van der Waals surface area contributed by atoms with E-state index in [0.29, 0.717) is 19.1 Å². The number of carbonyl (C=O) groups is 1. The minimum absolute atomic E-state index is 0.0503. The van der Waals surface area contributed by atoms with E-state index in [1.165, 1.54) is 19.3 Å². The van der Waals surface area contributed by atoms with Gasteiger partial charge in [0.15, 0.2) is 0 Å². The Morgan fingerprint density at radius 1 is 1.25 bits per heavy atom. The minimum Gasteiger partial charge on any atom is -0.465 e. The first-order chi connectivity index (χ1) is 7.68. The second kappa shape index (κ2) is 7.66. The topological polar surface area (TPSA) is 29.5 Å². The van der Waals surface area contributed by atoms with Crippen molar-refractivity contribution in [2.45, 2.75) is 46.0 Å². The van der Waals surface area contributed by atoms with Gasteiger partial charge in [-0.2, -0.15) is 0 Å². The Balaban J connectivity index is 2.01. The van der Waals surface area contributed by atoms with Crippen LogP contribution in [0.2, 0.25) is 0 Å². The Kier molecular flexibility index (Phi) is 6.46. The fraction of sp³-hybridized carbons (Fsp3) is 0.923. The second-order valence-electron chi connectivity index (χ2n) is 5.09. The van der Waals surface area contributed by atoms with Gasteiger partial charge in [0.05, 0.1) is 13.2 Å². The molecule has 0 spiro atoms. The van der Waals surface area contributed by atoms with E-state index < -0.39 is 0 Å². The quantitative estimate of drug-likeness (QED) is 0.515. The molecule has 1 saturated heterocycles. The highest BCUT2D eigenvalue weighted by molar-refractivity contribution is 5.71. The Morgan fingerprint density at radius 2 is 1.94 bits per heavy atom. The highest BCUT2D eigenvalue weighted by Gasteiger charge is 2.14. The van der Waals surface area contributed by atoms with Crippen LogP contribution in [0, 0.1) is 5.92 Å². The lowest BCUT2D eigenvalue weighted by Crippen LogP contribution is -2.35. The summed E-state index contributed by atoms with van der Waals surface area (Å²) >= 11 is 0. The third-order valence-electron chi connectivity index (χ3n) is 2.99. The number of likely N-dealkylation sites (tertiary alicyclic amines) is 1. The zero-order valence-electron chi connectivity index (χ0n) is 10.7. The molecule has 94 valence electrons. The smallest absolute Gasteiger partial charge is 0.320 e. The summed E-state index contributed by atoms with van der Waals surface area (Å²) in [4.78, 5) is 13.7. The summed E-state index contributed by atoms with van der Waals surface area (Å²) in [5.74, 6) is 0.645. The van der Waals surface area contributed by atoms with E-state index in [9.17, 15) is 4.79 Å². The molecule has 3 nitrogen and oxygen atoms in total. The highest BCUT2D eigenvalue weighted by atomic mass is 16.5. The van der Waals surface area contributed by atoms with Gasteiger partial charge in [0.2, 0.25) is 0 Å². The molecule has 0 amide bonds. The first-order valence-corrected chi connectivity index (χ1v) is 6.56. The number of nitrogens with zero attached hydrogens (tertiary/aromatic N) is 1. The third kappa shape index (κ3) is 6.11. The van der Waals surface area contributed by atoms with Crippen LogP contribution in [0.15, 0.2) is 0 Å². The zero-order valence-corrected chi connectivity index (χ0v) is 10.7. The van der Waals surface area contributed by atoms with Crippen molar-refractivity contribution in [2.75, 3.05) is 26.2 Å². The van der Waals surface area contributed by atoms with Crippen molar-refractivity contribution in [3.63, 3.8) is 0 Å². The summed E-state index contributed by atoms with van der Waals surface area (Å²) < 4.78 is 5.21. The first-order valence-electron chi connectivity index (χ1n) is 6.56. The van der Waals surface area contributed by atoms with Crippen molar-refractivity contribution in [1.29, 1.82) is 0 Å². The summed E-state index contributed by atoms with van der Waals surface area (Å²) in [5, 5.41) is 0. The molecule has 0 aliphatic carbocycles. The molecule has 0 aromatic carbocycles. The summed E-state index contributed by atoms with van der Waals surface area (Å²) in [7, 11) is 0. The van der Waals surface area contributed by atoms with Crippen molar-refractivity contribution < 1.29 is 9.53 Å². The average molecular weight is 227 g/mol. The molecule has 1 fully saturated rings. The zero-order chi connectivity index (χ0) is 11.8. The van der Waals surface area contributed by atoms with Gasteiger partial charge < -0.3 is 4.74 Å². The Labute approximate surface area is 99.1 Å². The Bertz CT molecular complexity index is 198. The number of ether oxygens (including phenoxy) is 1. The predicted octanol–water partition coefficient (Wildman–Crippen LogP) is 2.45. The SMILES string of the molecule is CC(C)CCCOC(=O)CN1CCCCC1. The first kappa shape index (κ1) is 13.5. The van der Waals surface area contributed by atoms with Gasteiger partial charge >= 0.3 is 5.97 Å². The van der Waals surface area contributed by atoms with Crippen LogP contribution in [-0.2, 0) is 9.53 Å². The molecule has 0 aromatic rings. The molecule has 0 saturated carbocycles. The van der Waals surface area contributed by atoms with E-state index >= 15 is 0 Å². The predicted molar refractivity (Wildman–Crippen MR) is 65.3 cm³/mol. The lowest BCUT2D eigenvalue weighted by Gasteiger charge is -2.25. The summed E-state index contributed by atoms with van der Waals surface area (Å²) in [5.41, 5.74) is 0. The number of hydrogen-bond donors (Lipinski definition) is 0. The molecule has 0 atom stereocenters. The number of piperidine rings is 1. The van der Waals surface area contributed by atoms with Crippen LogP contribution in [0.4, 0.5) is 0 Å². The fourth-order valence-corrected chi connectivity index (χ4v) is 2.02. The largest absolute Gasteiger partial charge is 0.465 e. The van der Waals surface area contributed by atoms with Crippen LogP contribution in [0.1, 0.15) is 46.0 Å². The maximum atomic E-state index is 11.5. The molecule has 1 aliphatic heterocycles. The molecule has 0 N–H and O–H groups in total. The van der Waals surface area contributed by atoms with Crippen LogP contribution in [0.3, 0.4) is 0 Å². The van der Waals surface area contributed by atoms with Gasteiger partial charge in [-0.3, -0.25) is 9.69 Å². The maximum absolute atomic E-state index is 11.5. The van der Waals surface area contributed by atoms with Gasteiger partial charge in [-0.25, -0.2) is 0 Å². The van der Waals surface area contributed by atoms with E-state index in [4.69, 9.17) is 4.74 Å². The third-order valence-corrected chi connectivity index (χ3v) is 2.99. The molecule has 1 heterocycles. The summed E-state index contributed by atoms with van der Waals surface area (Å²) in [6, 6.07) is 0. The molecule has 1 aliphatic rings. The molecular weight excluding hydrogens is 202 g/mol. The van der Waals surface area contributed by atoms with Gasteiger partial charge in [-0.1, -0.05) is 20.3 Å². The lowest BCUT2D eigenvalue weighted by molar-refractivity contribution is -0.145. The van der Waals surface area contributed by atoms with Crippen LogP contribution in [0.5, 0.6) is 0 Å². The van der Waals surface area contributed by atoms with Crippen LogP contribution >= 0.6 is 0 Å². The van der Waals surface area contributed by atoms with E-state index in [-0.39, 0.29) is 5.97 Å². The number of esters is 1. The molecule has 0 unspecified atom stereocenters. The average Bonchev–Trinajstić information content (AvgIpc) is 2.25. The Morgan fingerprint density at radius 3 is 2.56 bits per heavy atom.